The van der Waals surface area contributed by atoms with Gasteiger partial charge in [-0.2, -0.15) is 0 Å². The number of benzene rings is 1. The smallest absolute Gasteiger partial charge is 0.216 e. The molecule has 1 aliphatic rings. The Kier molecular flexibility index (Phi) is 2.38. The number of carbonyl (C=O) groups is 1. The molecule has 1 aromatic rings. The maximum Gasteiger partial charge on any atom is 0.216 e. The third kappa shape index (κ3) is 1.92. The zero-order valence-corrected chi connectivity index (χ0v) is 8.23. The molecule has 0 unspecified atom stereocenters. The van der Waals surface area contributed by atoms with Crippen molar-refractivity contribution in [2.24, 2.45) is 4.99 Å². The molecule has 1 heterocycles. The summed E-state index contributed by atoms with van der Waals surface area (Å²) >= 11 is 6.93. The van der Waals surface area contributed by atoms with E-state index >= 15 is 0 Å². The van der Waals surface area contributed by atoms with E-state index < -0.39 is 0 Å². The van der Waals surface area contributed by atoms with Gasteiger partial charge in [-0.15, -0.1) is 0 Å². The molecule has 2 rings (SSSR count). The average molecular weight is 212 g/mol. The second-order valence-electron chi connectivity index (χ2n) is 2.60. The van der Waals surface area contributed by atoms with Crippen LogP contribution in [0.2, 0.25) is 5.02 Å². The SMILES string of the molecule is O=C1CN=C(c2ccc(Cl)cc2)S1. The van der Waals surface area contributed by atoms with E-state index in [2.05, 4.69) is 4.99 Å². The molecule has 66 valence electrons. The lowest BCUT2D eigenvalue weighted by Gasteiger charge is -1.97. The summed E-state index contributed by atoms with van der Waals surface area (Å²) in [4.78, 5) is 15.0. The summed E-state index contributed by atoms with van der Waals surface area (Å²) in [6, 6.07) is 7.32. The molecule has 0 aliphatic carbocycles. The monoisotopic (exact) mass is 211 g/mol. The predicted octanol–water partition coefficient (Wildman–Crippen LogP) is 2.36. The molecule has 4 heteroatoms. The molecule has 0 radical (unpaired) electrons. The van der Waals surface area contributed by atoms with Gasteiger partial charge < -0.3 is 0 Å². The van der Waals surface area contributed by atoms with Crippen molar-refractivity contribution in [1.29, 1.82) is 0 Å². The Bertz CT molecular complexity index is 372. The van der Waals surface area contributed by atoms with Gasteiger partial charge in [0.25, 0.3) is 0 Å². The van der Waals surface area contributed by atoms with Crippen LogP contribution in [0.5, 0.6) is 0 Å². The van der Waals surface area contributed by atoms with E-state index in [1.54, 1.807) is 12.1 Å². The number of carbonyl (C=O) groups excluding carboxylic acids is 1. The molecular weight excluding hydrogens is 206 g/mol. The molecule has 0 atom stereocenters. The lowest BCUT2D eigenvalue weighted by Crippen LogP contribution is -1.92. The topological polar surface area (TPSA) is 29.4 Å². The van der Waals surface area contributed by atoms with Crippen LogP contribution in [-0.4, -0.2) is 16.7 Å². The number of thioether (sulfide) groups is 1. The van der Waals surface area contributed by atoms with E-state index in [4.69, 9.17) is 11.6 Å². The number of halogens is 1. The van der Waals surface area contributed by atoms with Crippen molar-refractivity contribution in [2.75, 3.05) is 6.54 Å². The van der Waals surface area contributed by atoms with Gasteiger partial charge in [0.15, 0.2) is 0 Å². The highest BCUT2D eigenvalue weighted by atomic mass is 35.5. The third-order valence-electron chi connectivity index (χ3n) is 1.65. The van der Waals surface area contributed by atoms with Gasteiger partial charge in [0.05, 0.1) is 0 Å². The van der Waals surface area contributed by atoms with E-state index in [1.807, 2.05) is 12.1 Å². The summed E-state index contributed by atoms with van der Waals surface area (Å²) in [5.74, 6) is 0. The summed E-state index contributed by atoms with van der Waals surface area (Å²) in [5, 5.41) is 1.59. The Morgan fingerprint density at radius 1 is 1.31 bits per heavy atom. The van der Waals surface area contributed by atoms with E-state index in [0.29, 0.717) is 11.6 Å². The summed E-state index contributed by atoms with van der Waals surface area (Å²) in [5.41, 5.74) is 0.959. The molecule has 0 fully saturated rings. The van der Waals surface area contributed by atoms with Crippen LogP contribution >= 0.6 is 23.4 Å². The van der Waals surface area contributed by atoms with E-state index in [1.165, 1.54) is 11.8 Å². The minimum absolute atomic E-state index is 0.102. The molecule has 0 spiro atoms. The number of aliphatic imine (C=N–C) groups is 1. The summed E-state index contributed by atoms with van der Waals surface area (Å²) in [6.07, 6.45) is 0. The minimum atomic E-state index is 0.102. The standard InChI is InChI=1S/C9H6ClNOS/c10-7-3-1-6(2-4-7)9-11-5-8(12)13-9/h1-4H,5H2. The summed E-state index contributed by atoms with van der Waals surface area (Å²) < 4.78 is 0. The minimum Gasteiger partial charge on any atom is -0.285 e. The first kappa shape index (κ1) is 8.78. The highest BCUT2D eigenvalue weighted by molar-refractivity contribution is 8.27. The quantitative estimate of drug-likeness (QED) is 0.714. The van der Waals surface area contributed by atoms with Gasteiger partial charge in [-0.05, 0) is 23.9 Å². The fraction of sp³-hybridized carbons (Fsp3) is 0.111. The Morgan fingerprint density at radius 2 is 2.00 bits per heavy atom. The maximum absolute atomic E-state index is 10.9. The van der Waals surface area contributed by atoms with Crippen molar-refractivity contribution in [3.63, 3.8) is 0 Å². The van der Waals surface area contributed by atoms with Gasteiger partial charge in [0, 0.05) is 10.6 Å². The highest BCUT2D eigenvalue weighted by Crippen LogP contribution is 2.21. The van der Waals surface area contributed by atoms with Crippen LogP contribution in [0.4, 0.5) is 0 Å². The van der Waals surface area contributed by atoms with Crippen LogP contribution in [0.1, 0.15) is 5.56 Å². The first-order valence-electron chi connectivity index (χ1n) is 3.77. The Labute approximate surface area is 85.0 Å². The van der Waals surface area contributed by atoms with Gasteiger partial charge in [0.1, 0.15) is 11.6 Å². The van der Waals surface area contributed by atoms with Crippen molar-refractivity contribution in [2.45, 2.75) is 0 Å². The summed E-state index contributed by atoms with van der Waals surface area (Å²) in [7, 11) is 0. The largest absolute Gasteiger partial charge is 0.285 e. The molecule has 0 amide bonds. The fourth-order valence-corrected chi connectivity index (χ4v) is 1.91. The molecule has 0 N–H and O–H groups in total. The van der Waals surface area contributed by atoms with Crippen molar-refractivity contribution in [1.82, 2.24) is 0 Å². The van der Waals surface area contributed by atoms with Gasteiger partial charge >= 0.3 is 0 Å². The first-order valence-corrected chi connectivity index (χ1v) is 4.96. The maximum atomic E-state index is 10.9. The zero-order valence-electron chi connectivity index (χ0n) is 6.66. The van der Waals surface area contributed by atoms with Gasteiger partial charge in [-0.3, -0.25) is 9.79 Å². The molecule has 2 nitrogen and oxygen atoms in total. The molecule has 0 aromatic heterocycles. The lowest BCUT2D eigenvalue weighted by atomic mass is 10.2. The molecule has 0 bridgehead atoms. The van der Waals surface area contributed by atoms with Gasteiger partial charge in [-0.25, -0.2) is 0 Å². The lowest BCUT2D eigenvalue weighted by molar-refractivity contribution is -0.109. The van der Waals surface area contributed by atoms with E-state index in [0.717, 1.165) is 10.6 Å². The molecule has 13 heavy (non-hydrogen) atoms. The number of hydrogen-bond donors (Lipinski definition) is 0. The fourth-order valence-electron chi connectivity index (χ4n) is 1.05. The van der Waals surface area contributed by atoms with Crippen LogP contribution in [0.3, 0.4) is 0 Å². The molecular formula is C9H6ClNOS. The second kappa shape index (κ2) is 3.52. The highest BCUT2D eigenvalue weighted by Gasteiger charge is 2.16. The third-order valence-corrected chi connectivity index (χ3v) is 2.82. The van der Waals surface area contributed by atoms with Crippen molar-refractivity contribution < 1.29 is 4.79 Å². The Hall–Kier alpha value is -0.800. The number of rotatable bonds is 1. The molecule has 0 saturated heterocycles. The van der Waals surface area contributed by atoms with Crippen LogP contribution < -0.4 is 0 Å². The molecule has 0 saturated carbocycles. The second-order valence-corrected chi connectivity index (χ2v) is 4.08. The predicted molar refractivity (Wildman–Crippen MR) is 55.5 cm³/mol. The Morgan fingerprint density at radius 3 is 2.54 bits per heavy atom. The van der Waals surface area contributed by atoms with Gasteiger partial charge in [0.2, 0.25) is 5.12 Å². The number of hydrogen-bond acceptors (Lipinski definition) is 3. The Balaban J connectivity index is 2.27. The first-order chi connectivity index (χ1) is 6.25. The normalized spacial score (nSPS) is 16.1. The molecule has 1 aromatic carbocycles. The van der Waals surface area contributed by atoms with Crippen LogP contribution in [0.25, 0.3) is 0 Å². The van der Waals surface area contributed by atoms with Gasteiger partial charge in [-0.1, -0.05) is 23.7 Å². The molecule has 1 aliphatic heterocycles. The number of nitrogens with zero attached hydrogens (tertiary/aromatic N) is 1. The van der Waals surface area contributed by atoms with E-state index in [9.17, 15) is 4.79 Å². The van der Waals surface area contributed by atoms with Crippen molar-refractivity contribution in [3.8, 4) is 0 Å². The van der Waals surface area contributed by atoms with Crippen LogP contribution in [0, 0.1) is 0 Å². The average Bonchev–Trinajstić information content (AvgIpc) is 2.53. The zero-order chi connectivity index (χ0) is 9.26. The van der Waals surface area contributed by atoms with E-state index in [-0.39, 0.29) is 5.12 Å². The summed E-state index contributed by atoms with van der Waals surface area (Å²) in [6.45, 7) is 0.294. The van der Waals surface area contributed by atoms with Crippen molar-refractivity contribution in [3.05, 3.63) is 34.9 Å². The van der Waals surface area contributed by atoms with Crippen LogP contribution in [0.15, 0.2) is 29.3 Å². The van der Waals surface area contributed by atoms with Crippen molar-refractivity contribution >= 4 is 33.5 Å². The van der Waals surface area contributed by atoms with Crippen LogP contribution in [-0.2, 0) is 4.79 Å².